The summed E-state index contributed by atoms with van der Waals surface area (Å²) in [5.74, 6) is 0.455. The molecule has 1 aromatic heterocycles. The van der Waals surface area contributed by atoms with Gasteiger partial charge in [0.1, 0.15) is 17.6 Å². The molecule has 0 radical (unpaired) electrons. The molecule has 1 fully saturated rings. The van der Waals surface area contributed by atoms with E-state index in [-0.39, 0.29) is 23.4 Å². The Labute approximate surface area is 217 Å². The Balaban J connectivity index is 1.21. The van der Waals surface area contributed by atoms with E-state index in [4.69, 9.17) is 4.42 Å². The van der Waals surface area contributed by atoms with Gasteiger partial charge in [0.2, 0.25) is 5.91 Å². The lowest BCUT2D eigenvalue weighted by molar-refractivity contribution is -0.123. The second-order valence-corrected chi connectivity index (χ2v) is 10.1. The van der Waals surface area contributed by atoms with Crippen LogP contribution in [0.2, 0.25) is 0 Å². The van der Waals surface area contributed by atoms with Gasteiger partial charge in [-0.1, -0.05) is 62.4 Å². The molecule has 1 aliphatic carbocycles. The molecular formula is C30H34FN3O3. The van der Waals surface area contributed by atoms with Crippen molar-refractivity contribution in [2.24, 2.45) is 5.92 Å². The molecule has 2 amide bonds. The van der Waals surface area contributed by atoms with Crippen LogP contribution >= 0.6 is 0 Å². The highest BCUT2D eigenvalue weighted by Gasteiger charge is 2.28. The van der Waals surface area contributed by atoms with E-state index in [0.29, 0.717) is 31.2 Å². The number of hydrogen-bond donors (Lipinski definition) is 2. The molecule has 2 heterocycles. The third-order valence-electron chi connectivity index (χ3n) is 7.52. The molecule has 1 aliphatic heterocycles. The van der Waals surface area contributed by atoms with Crippen LogP contribution in [0.1, 0.15) is 54.6 Å². The van der Waals surface area contributed by atoms with E-state index >= 15 is 0 Å². The van der Waals surface area contributed by atoms with Crippen molar-refractivity contribution in [1.29, 1.82) is 0 Å². The van der Waals surface area contributed by atoms with Gasteiger partial charge in [0, 0.05) is 30.9 Å². The van der Waals surface area contributed by atoms with Gasteiger partial charge in [0.25, 0.3) is 5.91 Å². The topological polar surface area (TPSA) is 74.6 Å². The number of amides is 2. The maximum atomic E-state index is 13.5. The Bertz CT molecular complexity index is 1220. The summed E-state index contributed by atoms with van der Waals surface area (Å²) in [7, 11) is 0. The minimum atomic E-state index is -0.624. The molecule has 0 saturated heterocycles. The number of carbonyl (C=O) groups is 2. The fourth-order valence-electron chi connectivity index (χ4n) is 5.54. The van der Waals surface area contributed by atoms with Crippen LogP contribution in [0.4, 0.5) is 10.1 Å². The number of hydrogen-bond acceptors (Lipinski definition) is 4. The molecule has 1 saturated carbocycles. The molecule has 6 nitrogen and oxygen atoms in total. The molecule has 37 heavy (non-hydrogen) atoms. The smallest absolute Gasteiger partial charge is 0.287 e. The van der Waals surface area contributed by atoms with E-state index in [1.807, 2.05) is 30.3 Å². The van der Waals surface area contributed by atoms with Gasteiger partial charge >= 0.3 is 0 Å². The second kappa shape index (κ2) is 11.6. The minimum Gasteiger partial charge on any atom is -0.451 e. The quantitative estimate of drug-likeness (QED) is 0.414. The first-order valence-electron chi connectivity index (χ1n) is 13.3. The summed E-state index contributed by atoms with van der Waals surface area (Å²) in [4.78, 5) is 28.5. The van der Waals surface area contributed by atoms with E-state index in [2.05, 4.69) is 15.5 Å². The van der Waals surface area contributed by atoms with Crippen LogP contribution in [-0.4, -0.2) is 37.5 Å². The summed E-state index contributed by atoms with van der Waals surface area (Å²) < 4.78 is 19.3. The highest BCUT2D eigenvalue weighted by Crippen LogP contribution is 2.29. The van der Waals surface area contributed by atoms with E-state index in [9.17, 15) is 14.0 Å². The van der Waals surface area contributed by atoms with Crippen molar-refractivity contribution >= 4 is 17.5 Å². The van der Waals surface area contributed by atoms with E-state index < -0.39 is 6.04 Å². The molecule has 194 valence electrons. The van der Waals surface area contributed by atoms with E-state index in [1.54, 1.807) is 24.3 Å². The highest BCUT2D eigenvalue weighted by molar-refractivity contribution is 5.96. The first-order chi connectivity index (χ1) is 18.1. The van der Waals surface area contributed by atoms with Crippen molar-refractivity contribution in [1.82, 2.24) is 10.6 Å². The number of rotatable bonds is 9. The zero-order chi connectivity index (χ0) is 25.6. The van der Waals surface area contributed by atoms with Gasteiger partial charge in [-0.15, -0.1) is 0 Å². The predicted octanol–water partition coefficient (Wildman–Crippen LogP) is 5.33. The van der Waals surface area contributed by atoms with Crippen LogP contribution in [0, 0.1) is 11.7 Å². The van der Waals surface area contributed by atoms with E-state index in [0.717, 1.165) is 42.6 Å². The van der Waals surface area contributed by atoms with Crippen molar-refractivity contribution in [3.05, 3.63) is 77.8 Å². The van der Waals surface area contributed by atoms with Gasteiger partial charge < -0.3 is 20.0 Å². The minimum absolute atomic E-state index is 0.174. The van der Waals surface area contributed by atoms with Gasteiger partial charge in [0.15, 0.2) is 5.76 Å². The molecule has 3 aromatic rings. The summed E-state index contributed by atoms with van der Waals surface area (Å²) in [6.07, 6.45) is 7.15. The maximum Gasteiger partial charge on any atom is 0.287 e. The maximum absolute atomic E-state index is 13.5. The SMILES string of the molecule is O=C(N[C@@H](CC1CCCCC1)C(=O)NCCN1CCc2cc(F)ccc21)c1ccc(-c2ccccc2)o1. The number of nitrogens with zero attached hydrogens (tertiary/aromatic N) is 1. The van der Waals surface area contributed by atoms with E-state index in [1.165, 1.54) is 25.3 Å². The van der Waals surface area contributed by atoms with Crippen LogP contribution in [0.3, 0.4) is 0 Å². The standard InChI is InChI=1S/C30H34FN3O3/c31-24-11-12-26-23(20-24)15-17-34(26)18-16-32-29(35)25(19-21-7-3-1-4-8-21)33-30(36)28-14-13-27(37-28)22-9-5-2-6-10-22/h2,5-6,9-14,20-21,25H,1,3-4,7-8,15-19H2,(H,32,35)(H,33,36)/t25-/m0/s1. The summed E-state index contributed by atoms with van der Waals surface area (Å²) in [6, 6.07) is 17.3. The third-order valence-corrected chi connectivity index (χ3v) is 7.52. The van der Waals surface area contributed by atoms with Crippen molar-refractivity contribution in [2.45, 2.75) is 51.0 Å². The Morgan fingerprint density at radius 3 is 2.65 bits per heavy atom. The van der Waals surface area contributed by atoms with Gasteiger partial charge in [-0.2, -0.15) is 0 Å². The Kier molecular flexibility index (Phi) is 7.87. The first kappa shape index (κ1) is 25.1. The number of carbonyl (C=O) groups excluding carboxylic acids is 2. The molecule has 5 rings (SSSR count). The van der Waals surface area contributed by atoms with Crippen LogP contribution in [0.15, 0.2) is 65.1 Å². The van der Waals surface area contributed by atoms with Gasteiger partial charge in [0.05, 0.1) is 0 Å². The second-order valence-electron chi connectivity index (χ2n) is 10.1. The Morgan fingerprint density at radius 2 is 1.84 bits per heavy atom. The number of halogens is 1. The summed E-state index contributed by atoms with van der Waals surface area (Å²) >= 11 is 0. The van der Waals surface area contributed by atoms with Crippen molar-refractivity contribution in [3.8, 4) is 11.3 Å². The fourth-order valence-corrected chi connectivity index (χ4v) is 5.54. The Morgan fingerprint density at radius 1 is 1.03 bits per heavy atom. The zero-order valence-corrected chi connectivity index (χ0v) is 21.0. The third kappa shape index (κ3) is 6.21. The van der Waals surface area contributed by atoms with Gasteiger partial charge in [-0.05, 0) is 54.7 Å². The number of anilines is 1. The number of benzene rings is 2. The van der Waals surface area contributed by atoms with Crippen molar-refractivity contribution in [2.75, 3.05) is 24.5 Å². The molecular weight excluding hydrogens is 469 g/mol. The molecule has 1 atom stereocenters. The molecule has 0 unspecified atom stereocenters. The zero-order valence-electron chi connectivity index (χ0n) is 21.0. The molecule has 2 aliphatic rings. The van der Waals surface area contributed by atoms with Crippen LogP contribution < -0.4 is 15.5 Å². The largest absolute Gasteiger partial charge is 0.451 e. The number of fused-ring (bicyclic) bond motifs is 1. The van der Waals surface area contributed by atoms with Gasteiger partial charge in [-0.3, -0.25) is 9.59 Å². The summed E-state index contributed by atoms with van der Waals surface area (Å²) in [6.45, 7) is 1.89. The average molecular weight is 504 g/mol. The summed E-state index contributed by atoms with van der Waals surface area (Å²) in [5, 5.41) is 5.97. The van der Waals surface area contributed by atoms with Crippen LogP contribution in [0.5, 0.6) is 0 Å². The molecule has 2 N–H and O–H groups in total. The normalized spacial score (nSPS) is 16.3. The van der Waals surface area contributed by atoms with Crippen LogP contribution in [-0.2, 0) is 11.2 Å². The molecule has 2 aromatic carbocycles. The first-order valence-corrected chi connectivity index (χ1v) is 13.3. The number of furan rings is 1. The average Bonchev–Trinajstić information content (AvgIpc) is 3.57. The predicted molar refractivity (Wildman–Crippen MR) is 142 cm³/mol. The van der Waals surface area contributed by atoms with Crippen LogP contribution in [0.25, 0.3) is 11.3 Å². The fraction of sp³-hybridized carbons (Fsp3) is 0.400. The summed E-state index contributed by atoms with van der Waals surface area (Å²) in [5.41, 5.74) is 2.92. The van der Waals surface area contributed by atoms with Crippen molar-refractivity contribution in [3.63, 3.8) is 0 Å². The highest BCUT2D eigenvalue weighted by atomic mass is 19.1. The molecule has 0 bridgehead atoms. The lowest BCUT2D eigenvalue weighted by Gasteiger charge is -2.27. The molecule has 0 spiro atoms. The number of nitrogens with one attached hydrogen (secondary N) is 2. The molecule has 7 heteroatoms. The monoisotopic (exact) mass is 503 g/mol. The van der Waals surface area contributed by atoms with Crippen molar-refractivity contribution < 1.29 is 18.4 Å². The lowest BCUT2D eigenvalue weighted by Crippen LogP contribution is -2.49. The Hall–Kier alpha value is -3.61. The van der Waals surface area contributed by atoms with Gasteiger partial charge in [-0.25, -0.2) is 4.39 Å². The lowest BCUT2D eigenvalue weighted by atomic mass is 9.84.